The van der Waals surface area contributed by atoms with E-state index in [4.69, 9.17) is 12.2 Å². The van der Waals surface area contributed by atoms with E-state index in [9.17, 15) is 9.59 Å². The molecule has 1 heterocycles. The number of benzene rings is 2. The smallest absolute Gasteiger partial charge is 0.265 e. The predicted molar refractivity (Wildman–Crippen MR) is 108 cm³/mol. The zero-order valence-electron chi connectivity index (χ0n) is 14.7. The quantitative estimate of drug-likeness (QED) is 0.461. The van der Waals surface area contributed by atoms with Crippen LogP contribution in [0.2, 0.25) is 0 Å². The number of thiocarbonyl (C=S) groups is 1. The van der Waals surface area contributed by atoms with Crippen LogP contribution in [0.1, 0.15) is 11.1 Å². The largest absolute Gasteiger partial charge is 0.288 e. The van der Waals surface area contributed by atoms with Gasteiger partial charge >= 0.3 is 0 Å². The van der Waals surface area contributed by atoms with Gasteiger partial charge in [0.1, 0.15) is 5.57 Å². The van der Waals surface area contributed by atoms with Crippen molar-refractivity contribution < 1.29 is 9.59 Å². The van der Waals surface area contributed by atoms with Crippen LogP contribution in [0.15, 0.2) is 63.9 Å². The Bertz CT molecular complexity index is 876. The zero-order valence-corrected chi connectivity index (χ0v) is 16.4. The van der Waals surface area contributed by atoms with Crippen LogP contribution in [0.4, 0.5) is 0 Å². The average Bonchev–Trinajstić information content (AvgIpc) is 2.65. The van der Waals surface area contributed by atoms with Crippen molar-refractivity contribution in [3.8, 4) is 0 Å². The van der Waals surface area contributed by atoms with Gasteiger partial charge in [-0.1, -0.05) is 41.6 Å². The highest BCUT2D eigenvalue weighted by molar-refractivity contribution is 7.99. The first-order chi connectivity index (χ1) is 12.4. The third-order valence-electron chi connectivity index (χ3n) is 4.09. The van der Waals surface area contributed by atoms with E-state index < -0.39 is 0 Å². The maximum atomic E-state index is 12.4. The monoisotopic (exact) mass is 382 g/mol. The summed E-state index contributed by atoms with van der Waals surface area (Å²) in [4.78, 5) is 29.6. The lowest BCUT2D eigenvalue weighted by Gasteiger charge is -2.31. The molecule has 0 aliphatic carbocycles. The number of hydrogen-bond acceptors (Lipinski definition) is 4. The second-order valence-corrected chi connectivity index (χ2v) is 7.57. The highest BCUT2D eigenvalue weighted by Crippen LogP contribution is 2.28. The fraction of sp³-hybridized carbons (Fsp3) is 0.150. The molecule has 4 nitrogen and oxygen atoms in total. The Balaban J connectivity index is 1.81. The van der Waals surface area contributed by atoms with Crippen molar-refractivity contribution in [2.45, 2.75) is 16.7 Å². The number of carbonyl (C=O) groups excluding carboxylic acids is 2. The van der Waals surface area contributed by atoms with Crippen molar-refractivity contribution in [1.29, 1.82) is 0 Å². The van der Waals surface area contributed by atoms with Crippen LogP contribution in [0.25, 0.3) is 6.08 Å². The minimum atomic E-state index is -0.379. The molecule has 0 N–H and O–H groups in total. The number of nitrogens with zero attached hydrogens (tertiary/aromatic N) is 2. The molecular weight excluding hydrogens is 364 g/mol. The maximum absolute atomic E-state index is 12.4. The Morgan fingerprint density at radius 1 is 0.846 bits per heavy atom. The first-order valence-electron chi connectivity index (χ1n) is 8.03. The molecule has 0 bridgehead atoms. The molecule has 0 atom stereocenters. The number of hydrogen-bond donors (Lipinski definition) is 0. The van der Waals surface area contributed by atoms with Gasteiger partial charge in [-0.2, -0.15) is 0 Å². The van der Waals surface area contributed by atoms with Crippen LogP contribution in [-0.4, -0.2) is 40.8 Å². The van der Waals surface area contributed by atoms with Gasteiger partial charge in [-0.3, -0.25) is 19.4 Å². The minimum absolute atomic E-state index is 0.113. The van der Waals surface area contributed by atoms with Crippen LogP contribution in [0.3, 0.4) is 0 Å². The van der Waals surface area contributed by atoms with E-state index in [0.29, 0.717) is 0 Å². The van der Waals surface area contributed by atoms with Crippen LogP contribution >= 0.6 is 24.0 Å². The van der Waals surface area contributed by atoms with Crippen molar-refractivity contribution in [2.24, 2.45) is 0 Å². The van der Waals surface area contributed by atoms with Gasteiger partial charge in [0, 0.05) is 23.9 Å². The third-order valence-corrected chi connectivity index (χ3v) is 5.66. The van der Waals surface area contributed by atoms with Crippen LogP contribution in [-0.2, 0) is 9.59 Å². The lowest BCUT2D eigenvalue weighted by Crippen LogP contribution is -2.52. The normalized spacial score (nSPS) is 14.9. The van der Waals surface area contributed by atoms with Gasteiger partial charge in [0.2, 0.25) is 0 Å². The van der Waals surface area contributed by atoms with Crippen LogP contribution < -0.4 is 0 Å². The fourth-order valence-electron chi connectivity index (χ4n) is 2.52. The Kier molecular flexibility index (Phi) is 5.25. The maximum Gasteiger partial charge on any atom is 0.265 e. The zero-order chi connectivity index (χ0) is 18.8. The lowest BCUT2D eigenvalue weighted by molar-refractivity contribution is -0.132. The Hall–Kier alpha value is -2.44. The molecule has 0 aromatic heterocycles. The minimum Gasteiger partial charge on any atom is -0.288 e. The molecule has 0 spiro atoms. The molecule has 0 saturated carbocycles. The van der Waals surface area contributed by atoms with E-state index in [0.717, 1.165) is 15.4 Å². The van der Waals surface area contributed by atoms with E-state index in [1.54, 1.807) is 31.9 Å². The summed E-state index contributed by atoms with van der Waals surface area (Å²) in [6, 6.07) is 16.1. The van der Waals surface area contributed by atoms with Gasteiger partial charge in [0.25, 0.3) is 11.8 Å². The molecule has 26 heavy (non-hydrogen) atoms. The first kappa shape index (κ1) is 18.4. The Morgan fingerprint density at radius 3 is 1.81 bits per heavy atom. The van der Waals surface area contributed by atoms with Crippen molar-refractivity contribution in [3.63, 3.8) is 0 Å². The molecule has 3 rings (SSSR count). The second kappa shape index (κ2) is 7.43. The van der Waals surface area contributed by atoms with Gasteiger partial charge in [-0.15, -0.1) is 0 Å². The molecule has 6 heteroatoms. The summed E-state index contributed by atoms with van der Waals surface area (Å²) >= 11 is 6.76. The Morgan fingerprint density at radius 2 is 1.31 bits per heavy atom. The van der Waals surface area contributed by atoms with Crippen LogP contribution in [0, 0.1) is 6.92 Å². The van der Waals surface area contributed by atoms with Gasteiger partial charge < -0.3 is 0 Å². The predicted octanol–water partition coefficient (Wildman–Crippen LogP) is 3.74. The summed E-state index contributed by atoms with van der Waals surface area (Å²) in [5, 5.41) is 0.210. The van der Waals surface area contributed by atoms with Crippen molar-refractivity contribution in [1.82, 2.24) is 9.80 Å². The van der Waals surface area contributed by atoms with Gasteiger partial charge in [0.15, 0.2) is 5.11 Å². The van der Waals surface area contributed by atoms with E-state index in [1.807, 2.05) is 24.3 Å². The Labute approximate surface area is 162 Å². The average molecular weight is 383 g/mol. The summed E-state index contributed by atoms with van der Waals surface area (Å²) in [7, 11) is 3.14. The van der Waals surface area contributed by atoms with E-state index in [2.05, 4.69) is 31.2 Å². The third kappa shape index (κ3) is 3.71. The standard InChI is InChI=1S/C20H18N2O2S2/c1-13-4-8-15(9-5-13)26-16-10-6-14(7-11-16)12-17-18(23)21(2)20(25)22(3)19(17)24/h4-12H,1-3H3. The molecule has 0 unspecified atom stereocenters. The van der Waals surface area contributed by atoms with Crippen LogP contribution in [0.5, 0.6) is 0 Å². The number of carbonyl (C=O) groups is 2. The van der Waals surface area contributed by atoms with Gasteiger partial charge in [-0.25, -0.2) is 0 Å². The van der Waals surface area contributed by atoms with Crippen molar-refractivity contribution >= 4 is 47.0 Å². The topological polar surface area (TPSA) is 40.6 Å². The molecular formula is C20H18N2O2S2. The van der Waals surface area contributed by atoms with E-state index in [1.165, 1.54) is 15.4 Å². The van der Waals surface area contributed by atoms with E-state index >= 15 is 0 Å². The molecule has 132 valence electrons. The van der Waals surface area contributed by atoms with Gasteiger partial charge in [0.05, 0.1) is 0 Å². The number of likely N-dealkylation sites (N-methyl/N-ethyl adjacent to an activating group) is 2. The molecule has 1 saturated heterocycles. The highest BCUT2D eigenvalue weighted by atomic mass is 32.2. The molecule has 1 aliphatic heterocycles. The summed E-state index contributed by atoms with van der Waals surface area (Å²) in [5.41, 5.74) is 2.14. The molecule has 2 aromatic carbocycles. The fourth-order valence-corrected chi connectivity index (χ4v) is 3.50. The molecule has 0 radical (unpaired) electrons. The second-order valence-electron chi connectivity index (χ2n) is 6.05. The lowest BCUT2D eigenvalue weighted by atomic mass is 10.1. The molecule has 2 amide bonds. The molecule has 1 aliphatic rings. The summed E-state index contributed by atoms with van der Waals surface area (Å²) in [5.74, 6) is -0.757. The number of aryl methyl sites for hydroxylation is 1. The number of rotatable bonds is 3. The summed E-state index contributed by atoms with van der Waals surface area (Å²) in [6.07, 6.45) is 1.61. The molecule has 1 fully saturated rings. The molecule has 2 aromatic rings. The summed E-state index contributed by atoms with van der Waals surface area (Å²) < 4.78 is 0. The SMILES string of the molecule is Cc1ccc(Sc2ccc(C=C3C(=O)N(C)C(=S)N(C)C3=O)cc2)cc1. The van der Waals surface area contributed by atoms with Gasteiger partial charge in [-0.05, 0) is 55.0 Å². The highest BCUT2D eigenvalue weighted by Gasteiger charge is 2.35. The van der Waals surface area contributed by atoms with Crippen molar-refractivity contribution in [3.05, 3.63) is 65.2 Å². The van der Waals surface area contributed by atoms with Crippen molar-refractivity contribution in [2.75, 3.05) is 14.1 Å². The first-order valence-corrected chi connectivity index (χ1v) is 9.25. The van der Waals surface area contributed by atoms with E-state index in [-0.39, 0.29) is 22.5 Å². The number of amides is 2. The summed E-state index contributed by atoms with van der Waals surface area (Å²) in [6.45, 7) is 2.06.